The number of rotatable bonds is 3. The molecule has 0 saturated carbocycles. The van der Waals surface area contributed by atoms with E-state index in [1.54, 1.807) is 6.08 Å². The van der Waals surface area contributed by atoms with E-state index in [-0.39, 0.29) is 11.9 Å². The lowest BCUT2D eigenvalue weighted by Crippen LogP contribution is -2.34. The Morgan fingerprint density at radius 3 is 3.27 bits per heavy atom. The second-order valence-corrected chi connectivity index (χ2v) is 2.40. The molecule has 0 aromatic carbocycles. The van der Waals surface area contributed by atoms with Crippen LogP contribution in [0.4, 0.5) is 0 Å². The lowest BCUT2D eigenvalue weighted by Gasteiger charge is -2.20. The average molecular weight is 156 g/mol. The fraction of sp³-hybridized carbons (Fsp3) is 0.625. The minimum absolute atomic E-state index is 0.137. The fourth-order valence-electron chi connectivity index (χ4n) is 0.942. The van der Waals surface area contributed by atoms with Crippen molar-refractivity contribution in [3.05, 3.63) is 12.7 Å². The summed E-state index contributed by atoms with van der Waals surface area (Å²) in [6.45, 7) is 4.84. The van der Waals surface area contributed by atoms with Crippen molar-refractivity contribution in [3.63, 3.8) is 0 Å². The highest BCUT2D eigenvalue weighted by molar-refractivity contribution is 5.83. The van der Waals surface area contributed by atoms with Crippen LogP contribution in [0, 0.1) is 0 Å². The third kappa shape index (κ3) is 2.44. The lowest BCUT2D eigenvalue weighted by atomic mass is 10.1. The van der Waals surface area contributed by atoms with Crippen LogP contribution in [0.15, 0.2) is 12.7 Å². The Kier molecular flexibility index (Phi) is 3.26. The first kappa shape index (κ1) is 8.43. The molecule has 0 N–H and O–H groups in total. The molecule has 1 aliphatic rings. The maximum absolute atomic E-state index is 11.1. The first-order valence-electron chi connectivity index (χ1n) is 3.67. The summed E-state index contributed by atoms with van der Waals surface area (Å²) in [7, 11) is 0. The first-order chi connectivity index (χ1) is 5.34. The number of hydrogen-bond acceptors (Lipinski definition) is 3. The summed E-state index contributed by atoms with van der Waals surface area (Å²) < 4.78 is 10.2. The third-order valence-corrected chi connectivity index (χ3v) is 1.54. The zero-order chi connectivity index (χ0) is 8.10. The Balaban J connectivity index is 2.29. The van der Waals surface area contributed by atoms with Crippen LogP contribution in [0.25, 0.3) is 0 Å². The van der Waals surface area contributed by atoms with Crippen LogP contribution in [0.3, 0.4) is 0 Å². The van der Waals surface area contributed by atoms with Gasteiger partial charge in [0.25, 0.3) is 0 Å². The number of ketones is 1. The van der Waals surface area contributed by atoms with E-state index < -0.39 is 0 Å². The maximum Gasteiger partial charge on any atom is 0.166 e. The standard InChI is InChI=1S/C8H12O3/c1-2-4-11-8-6-10-5-3-7(8)9/h2,8H,1,3-6H2/t8-/m1/s1. The molecule has 1 fully saturated rings. The Hall–Kier alpha value is -0.670. The predicted octanol–water partition coefficient (Wildman–Crippen LogP) is 0.547. The highest BCUT2D eigenvalue weighted by atomic mass is 16.5. The molecule has 3 heteroatoms. The fourth-order valence-corrected chi connectivity index (χ4v) is 0.942. The van der Waals surface area contributed by atoms with Crippen LogP contribution in [-0.4, -0.2) is 31.7 Å². The Morgan fingerprint density at radius 2 is 2.64 bits per heavy atom. The van der Waals surface area contributed by atoms with Crippen LogP contribution in [0.1, 0.15) is 6.42 Å². The first-order valence-corrected chi connectivity index (χ1v) is 3.67. The van der Waals surface area contributed by atoms with Crippen molar-refractivity contribution in [1.82, 2.24) is 0 Å². The van der Waals surface area contributed by atoms with Crippen LogP contribution in [-0.2, 0) is 14.3 Å². The van der Waals surface area contributed by atoms with Gasteiger partial charge in [-0.25, -0.2) is 0 Å². The van der Waals surface area contributed by atoms with Gasteiger partial charge in [-0.2, -0.15) is 0 Å². The molecule has 1 saturated heterocycles. The molecule has 0 amide bonds. The molecule has 62 valence electrons. The van der Waals surface area contributed by atoms with Gasteiger partial charge in [0.2, 0.25) is 0 Å². The molecule has 3 nitrogen and oxygen atoms in total. The number of hydrogen-bond donors (Lipinski definition) is 0. The van der Waals surface area contributed by atoms with E-state index in [9.17, 15) is 4.79 Å². The maximum atomic E-state index is 11.1. The van der Waals surface area contributed by atoms with E-state index in [0.29, 0.717) is 26.2 Å². The van der Waals surface area contributed by atoms with Gasteiger partial charge in [0.15, 0.2) is 5.78 Å². The van der Waals surface area contributed by atoms with E-state index in [1.807, 2.05) is 0 Å². The van der Waals surface area contributed by atoms with E-state index in [2.05, 4.69) is 6.58 Å². The third-order valence-electron chi connectivity index (χ3n) is 1.54. The molecule has 0 radical (unpaired) electrons. The molecular formula is C8H12O3. The SMILES string of the molecule is C=CCO[C@@H]1COCCC1=O. The summed E-state index contributed by atoms with van der Waals surface area (Å²) >= 11 is 0. The highest BCUT2D eigenvalue weighted by Gasteiger charge is 2.22. The molecule has 0 bridgehead atoms. The number of Topliss-reactive ketones (excluding diaryl/α,β-unsaturated/α-hetero) is 1. The summed E-state index contributed by atoms with van der Waals surface area (Å²) in [5, 5.41) is 0. The summed E-state index contributed by atoms with van der Waals surface area (Å²) in [5.41, 5.74) is 0. The lowest BCUT2D eigenvalue weighted by molar-refractivity contribution is -0.141. The summed E-state index contributed by atoms with van der Waals surface area (Å²) in [6, 6.07) is 0. The van der Waals surface area contributed by atoms with Gasteiger partial charge < -0.3 is 9.47 Å². The second-order valence-electron chi connectivity index (χ2n) is 2.40. The van der Waals surface area contributed by atoms with Gasteiger partial charge in [0.1, 0.15) is 6.10 Å². The van der Waals surface area contributed by atoms with E-state index in [1.165, 1.54) is 0 Å². The van der Waals surface area contributed by atoms with Crippen molar-refractivity contribution in [1.29, 1.82) is 0 Å². The van der Waals surface area contributed by atoms with Crippen molar-refractivity contribution in [2.45, 2.75) is 12.5 Å². The van der Waals surface area contributed by atoms with Crippen molar-refractivity contribution in [2.75, 3.05) is 19.8 Å². The molecule has 0 aromatic rings. The number of ether oxygens (including phenoxy) is 2. The van der Waals surface area contributed by atoms with E-state index >= 15 is 0 Å². The van der Waals surface area contributed by atoms with Gasteiger partial charge in [-0.05, 0) is 0 Å². The van der Waals surface area contributed by atoms with Crippen LogP contribution < -0.4 is 0 Å². The van der Waals surface area contributed by atoms with Gasteiger partial charge in [0.05, 0.1) is 19.8 Å². The minimum Gasteiger partial charge on any atom is -0.378 e. The quantitative estimate of drug-likeness (QED) is 0.560. The highest BCUT2D eigenvalue weighted by Crippen LogP contribution is 2.05. The van der Waals surface area contributed by atoms with Gasteiger partial charge in [-0.1, -0.05) is 6.08 Å². The molecule has 1 rings (SSSR count). The molecule has 1 aliphatic heterocycles. The van der Waals surface area contributed by atoms with E-state index in [4.69, 9.17) is 9.47 Å². The molecule has 0 aliphatic carbocycles. The zero-order valence-electron chi connectivity index (χ0n) is 6.41. The summed E-state index contributed by atoms with van der Waals surface area (Å²) in [6.07, 6.45) is 1.74. The van der Waals surface area contributed by atoms with Gasteiger partial charge in [-0.15, -0.1) is 6.58 Å². The molecular weight excluding hydrogens is 144 g/mol. The Morgan fingerprint density at radius 1 is 1.82 bits per heavy atom. The van der Waals surface area contributed by atoms with Crippen molar-refractivity contribution < 1.29 is 14.3 Å². The van der Waals surface area contributed by atoms with Crippen LogP contribution in [0.2, 0.25) is 0 Å². The Bertz CT molecular complexity index is 153. The second kappa shape index (κ2) is 4.26. The van der Waals surface area contributed by atoms with Gasteiger partial charge >= 0.3 is 0 Å². The topological polar surface area (TPSA) is 35.5 Å². The normalized spacial score (nSPS) is 25.1. The smallest absolute Gasteiger partial charge is 0.166 e. The molecule has 0 spiro atoms. The summed E-state index contributed by atoms with van der Waals surface area (Å²) in [5.74, 6) is 0.137. The molecule has 11 heavy (non-hydrogen) atoms. The van der Waals surface area contributed by atoms with Gasteiger partial charge in [-0.3, -0.25) is 4.79 Å². The van der Waals surface area contributed by atoms with Crippen molar-refractivity contribution in [3.8, 4) is 0 Å². The largest absolute Gasteiger partial charge is 0.378 e. The zero-order valence-corrected chi connectivity index (χ0v) is 6.41. The molecule has 1 heterocycles. The van der Waals surface area contributed by atoms with Crippen LogP contribution >= 0.6 is 0 Å². The van der Waals surface area contributed by atoms with Crippen LogP contribution in [0.5, 0.6) is 0 Å². The monoisotopic (exact) mass is 156 g/mol. The van der Waals surface area contributed by atoms with E-state index in [0.717, 1.165) is 0 Å². The summed E-state index contributed by atoms with van der Waals surface area (Å²) in [4.78, 5) is 11.1. The number of carbonyl (C=O) groups excluding carboxylic acids is 1. The molecule has 0 aromatic heterocycles. The van der Waals surface area contributed by atoms with Crippen molar-refractivity contribution >= 4 is 5.78 Å². The van der Waals surface area contributed by atoms with Gasteiger partial charge in [0, 0.05) is 6.42 Å². The molecule has 0 unspecified atom stereocenters. The van der Waals surface area contributed by atoms with Crippen molar-refractivity contribution in [2.24, 2.45) is 0 Å². The Labute approximate surface area is 66.0 Å². The molecule has 1 atom stereocenters. The average Bonchev–Trinajstić information content (AvgIpc) is 2.03. The predicted molar refractivity (Wildman–Crippen MR) is 40.4 cm³/mol. The number of carbonyl (C=O) groups is 1. The minimum atomic E-state index is -0.359.